The highest BCUT2D eigenvalue weighted by Gasteiger charge is 2.30. The first-order chi connectivity index (χ1) is 9.97. The molecule has 0 aromatic heterocycles. The van der Waals surface area contributed by atoms with Gasteiger partial charge in [0.1, 0.15) is 6.10 Å². The fourth-order valence-electron chi connectivity index (χ4n) is 2.45. The van der Waals surface area contributed by atoms with Crippen molar-refractivity contribution < 1.29 is 14.3 Å². The lowest BCUT2D eigenvalue weighted by Gasteiger charge is -2.35. The van der Waals surface area contributed by atoms with Crippen molar-refractivity contribution in [1.82, 2.24) is 4.90 Å². The van der Waals surface area contributed by atoms with Crippen LogP contribution in [-0.4, -0.2) is 29.5 Å². The fraction of sp³-hybridized carbons (Fsp3) is 0.467. The molecule has 0 aliphatic carbocycles. The lowest BCUT2D eigenvalue weighted by molar-refractivity contribution is -0.118. The zero-order chi connectivity index (χ0) is 15.4. The highest BCUT2D eigenvalue weighted by atomic mass is 79.9. The van der Waals surface area contributed by atoms with E-state index in [0.717, 1.165) is 16.5 Å². The summed E-state index contributed by atoms with van der Waals surface area (Å²) in [6.45, 7) is 2.60. The fourth-order valence-corrected chi connectivity index (χ4v) is 2.87. The molecule has 0 spiro atoms. The van der Waals surface area contributed by atoms with Gasteiger partial charge in [-0.05, 0) is 31.0 Å². The van der Waals surface area contributed by atoms with Crippen LogP contribution in [0.3, 0.4) is 0 Å². The van der Waals surface area contributed by atoms with Crippen molar-refractivity contribution in [2.45, 2.75) is 38.3 Å². The van der Waals surface area contributed by atoms with Gasteiger partial charge in [-0.1, -0.05) is 28.1 Å². The number of carbonyl (C=O) groups excluding carboxylic acids is 2. The summed E-state index contributed by atoms with van der Waals surface area (Å²) in [7, 11) is 0. The first kappa shape index (κ1) is 15.8. The zero-order valence-electron chi connectivity index (χ0n) is 11.9. The van der Waals surface area contributed by atoms with E-state index >= 15 is 0 Å². The molecule has 1 aromatic carbocycles. The topological polar surface area (TPSA) is 72.6 Å². The third-order valence-electron chi connectivity index (χ3n) is 3.71. The Labute approximate surface area is 132 Å². The Kier molecular flexibility index (Phi) is 5.22. The van der Waals surface area contributed by atoms with Gasteiger partial charge in [0, 0.05) is 23.9 Å². The number of hydrogen-bond donors (Lipinski definition) is 1. The Morgan fingerprint density at radius 1 is 1.57 bits per heavy atom. The van der Waals surface area contributed by atoms with Crippen molar-refractivity contribution >= 4 is 27.9 Å². The van der Waals surface area contributed by atoms with Gasteiger partial charge in [0.25, 0.3) is 0 Å². The van der Waals surface area contributed by atoms with Gasteiger partial charge >= 0.3 is 6.09 Å². The van der Waals surface area contributed by atoms with Crippen LogP contribution in [0.15, 0.2) is 28.7 Å². The highest BCUT2D eigenvalue weighted by Crippen LogP contribution is 2.27. The van der Waals surface area contributed by atoms with Crippen LogP contribution < -0.4 is 5.73 Å². The standard InChI is InChI=1S/C15H19BrN2O3/c1-10(11-3-2-4-12(16)9-11)18-8-7-13(21-15(18)20)5-6-14(17)19/h2-4,9-10,13H,5-8H2,1H3,(H2,17,19). The lowest BCUT2D eigenvalue weighted by Crippen LogP contribution is -2.43. The molecule has 1 aromatic rings. The maximum atomic E-state index is 12.1. The smallest absolute Gasteiger partial charge is 0.410 e. The van der Waals surface area contributed by atoms with Crippen LogP contribution in [-0.2, 0) is 9.53 Å². The third-order valence-corrected chi connectivity index (χ3v) is 4.20. The molecule has 2 N–H and O–H groups in total. The molecule has 0 saturated carbocycles. The van der Waals surface area contributed by atoms with E-state index in [4.69, 9.17) is 10.5 Å². The normalized spacial score (nSPS) is 20.0. The number of benzene rings is 1. The molecule has 1 aliphatic heterocycles. The van der Waals surface area contributed by atoms with Gasteiger partial charge in [0.15, 0.2) is 0 Å². The van der Waals surface area contributed by atoms with E-state index in [2.05, 4.69) is 15.9 Å². The number of nitrogens with two attached hydrogens (primary N) is 1. The second-order valence-corrected chi connectivity index (χ2v) is 6.14. The second kappa shape index (κ2) is 6.93. The molecule has 1 heterocycles. The Morgan fingerprint density at radius 3 is 2.95 bits per heavy atom. The van der Waals surface area contributed by atoms with Crippen LogP contribution in [0.4, 0.5) is 4.79 Å². The molecule has 0 radical (unpaired) electrons. The second-order valence-electron chi connectivity index (χ2n) is 5.22. The minimum Gasteiger partial charge on any atom is -0.446 e. The minimum atomic E-state index is -0.365. The van der Waals surface area contributed by atoms with E-state index in [1.807, 2.05) is 31.2 Å². The maximum absolute atomic E-state index is 12.1. The van der Waals surface area contributed by atoms with Crippen molar-refractivity contribution in [3.8, 4) is 0 Å². The number of halogens is 1. The van der Waals surface area contributed by atoms with E-state index in [-0.39, 0.29) is 30.6 Å². The largest absolute Gasteiger partial charge is 0.446 e. The zero-order valence-corrected chi connectivity index (χ0v) is 13.5. The average Bonchev–Trinajstić information content (AvgIpc) is 2.44. The summed E-state index contributed by atoms with van der Waals surface area (Å²) in [4.78, 5) is 24.6. The molecule has 21 heavy (non-hydrogen) atoms. The highest BCUT2D eigenvalue weighted by molar-refractivity contribution is 9.10. The van der Waals surface area contributed by atoms with E-state index in [1.165, 1.54) is 0 Å². The molecule has 2 rings (SSSR count). The van der Waals surface area contributed by atoms with Crippen LogP contribution in [0.2, 0.25) is 0 Å². The maximum Gasteiger partial charge on any atom is 0.410 e. The molecule has 2 amide bonds. The minimum absolute atomic E-state index is 0.0490. The SMILES string of the molecule is CC(c1cccc(Br)c1)N1CCC(CCC(N)=O)OC1=O. The number of cyclic esters (lactones) is 1. The third kappa shape index (κ3) is 4.20. The number of hydrogen-bond acceptors (Lipinski definition) is 3. The van der Waals surface area contributed by atoms with E-state index in [0.29, 0.717) is 13.0 Å². The lowest BCUT2D eigenvalue weighted by atomic mass is 10.0. The predicted octanol–water partition coefficient (Wildman–Crippen LogP) is 2.99. The van der Waals surface area contributed by atoms with Gasteiger partial charge in [0.05, 0.1) is 6.04 Å². The average molecular weight is 355 g/mol. The Morgan fingerprint density at radius 2 is 2.33 bits per heavy atom. The van der Waals surface area contributed by atoms with E-state index in [9.17, 15) is 9.59 Å². The number of rotatable bonds is 5. The molecule has 6 heteroatoms. The molecule has 5 nitrogen and oxygen atoms in total. The number of carbonyl (C=O) groups is 2. The summed E-state index contributed by atoms with van der Waals surface area (Å²) in [6.07, 6.45) is 0.926. The summed E-state index contributed by atoms with van der Waals surface area (Å²) < 4.78 is 6.37. The Balaban J connectivity index is 1.97. The van der Waals surface area contributed by atoms with Crippen molar-refractivity contribution in [1.29, 1.82) is 0 Å². The molecule has 114 valence electrons. The molecule has 1 fully saturated rings. The number of primary amides is 1. The van der Waals surface area contributed by atoms with E-state index in [1.54, 1.807) is 4.90 Å². The first-order valence-electron chi connectivity index (χ1n) is 6.98. The van der Waals surface area contributed by atoms with Crippen LogP contribution >= 0.6 is 15.9 Å². The van der Waals surface area contributed by atoms with Gasteiger partial charge in [-0.3, -0.25) is 4.79 Å². The number of ether oxygens (including phenoxy) is 1. The van der Waals surface area contributed by atoms with Gasteiger partial charge < -0.3 is 15.4 Å². The number of amides is 2. The summed E-state index contributed by atoms with van der Waals surface area (Å²) in [6, 6.07) is 7.83. The molecule has 2 atom stereocenters. The van der Waals surface area contributed by atoms with Gasteiger partial charge in [-0.15, -0.1) is 0 Å². The van der Waals surface area contributed by atoms with Gasteiger partial charge in [-0.2, -0.15) is 0 Å². The summed E-state index contributed by atoms with van der Waals surface area (Å²) >= 11 is 3.43. The van der Waals surface area contributed by atoms with Crippen LogP contribution in [0.1, 0.15) is 37.8 Å². The molecule has 1 aliphatic rings. The van der Waals surface area contributed by atoms with Crippen molar-refractivity contribution in [3.05, 3.63) is 34.3 Å². The van der Waals surface area contributed by atoms with E-state index < -0.39 is 0 Å². The van der Waals surface area contributed by atoms with Crippen LogP contribution in [0, 0.1) is 0 Å². The quantitative estimate of drug-likeness (QED) is 0.883. The molecule has 0 bridgehead atoms. The van der Waals surface area contributed by atoms with Crippen LogP contribution in [0.25, 0.3) is 0 Å². The Hall–Kier alpha value is -1.56. The van der Waals surface area contributed by atoms with Gasteiger partial charge in [0.2, 0.25) is 5.91 Å². The van der Waals surface area contributed by atoms with Gasteiger partial charge in [-0.25, -0.2) is 4.79 Å². The summed E-state index contributed by atoms with van der Waals surface area (Å²) in [5, 5.41) is 0. The summed E-state index contributed by atoms with van der Waals surface area (Å²) in [5.41, 5.74) is 6.17. The Bertz CT molecular complexity index is 535. The molecular weight excluding hydrogens is 336 g/mol. The van der Waals surface area contributed by atoms with Crippen LogP contribution in [0.5, 0.6) is 0 Å². The predicted molar refractivity (Wildman–Crippen MR) is 82.6 cm³/mol. The number of nitrogens with zero attached hydrogens (tertiary/aromatic N) is 1. The summed E-state index contributed by atoms with van der Waals surface area (Å²) in [5.74, 6) is -0.365. The first-order valence-corrected chi connectivity index (χ1v) is 7.77. The van der Waals surface area contributed by atoms with Crippen molar-refractivity contribution in [3.63, 3.8) is 0 Å². The van der Waals surface area contributed by atoms with Crippen molar-refractivity contribution in [2.75, 3.05) is 6.54 Å². The monoisotopic (exact) mass is 354 g/mol. The molecular formula is C15H19BrN2O3. The van der Waals surface area contributed by atoms with Crippen molar-refractivity contribution in [2.24, 2.45) is 5.73 Å². The molecule has 1 saturated heterocycles. The molecule has 2 unspecified atom stereocenters.